The Morgan fingerprint density at radius 3 is 2.50 bits per heavy atom. The molecule has 0 heterocycles. The first kappa shape index (κ1) is 9.23. The van der Waals surface area contributed by atoms with Crippen LogP contribution < -0.4 is 5.32 Å². The fraction of sp³-hybridized carbons (Fsp3) is 0.600. The van der Waals surface area contributed by atoms with Crippen molar-refractivity contribution in [1.29, 1.82) is 0 Å². The van der Waals surface area contributed by atoms with E-state index in [4.69, 9.17) is 16.7 Å². The number of hydrogen-bond acceptors (Lipinski definition) is 2. The van der Waals surface area contributed by atoms with Crippen molar-refractivity contribution in [3.63, 3.8) is 0 Å². The molecule has 0 fully saturated rings. The Balaban J connectivity index is 3.50. The molecular formula is C5H8ClNO3. The van der Waals surface area contributed by atoms with Gasteiger partial charge < -0.3 is 10.4 Å². The highest BCUT2D eigenvalue weighted by molar-refractivity contribution is 6.30. The zero-order valence-corrected chi connectivity index (χ0v) is 6.18. The summed E-state index contributed by atoms with van der Waals surface area (Å²) in [6.07, 6.45) is 0. The number of nitrogens with one attached hydrogen (secondary N) is 1. The van der Waals surface area contributed by atoms with Gasteiger partial charge in [0.1, 0.15) is 11.9 Å². The van der Waals surface area contributed by atoms with Gasteiger partial charge in [-0.15, -0.1) is 11.6 Å². The summed E-state index contributed by atoms with van der Waals surface area (Å²) in [7, 11) is 0. The van der Waals surface area contributed by atoms with E-state index >= 15 is 0 Å². The minimum atomic E-state index is -1.08. The molecule has 0 aromatic carbocycles. The van der Waals surface area contributed by atoms with Crippen LogP contribution in [-0.2, 0) is 9.59 Å². The summed E-state index contributed by atoms with van der Waals surface area (Å²) < 4.78 is 0. The average Bonchev–Trinajstić information content (AvgIpc) is 1.82. The summed E-state index contributed by atoms with van der Waals surface area (Å²) in [4.78, 5) is 20.4. The Morgan fingerprint density at radius 2 is 2.20 bits per heavy atom. The van der Waals surface area contributed by atoms with E-state index in [1.165, 1.54) is 6.92 Å². The van der Waals surface area contributed by atoms with Gasteiger partial charge >= 0.3 is 5.97 Å². The van der Waals surface area contributed by atoms with Crippen molar-refractivity contribution in [1.82, 2.24) is 5.32 Å². The lowest BCUT2D eigenvalue weighted by atomic mass is 10.4. The summed E-state index contributed by atoms with van der Waals surface area (Å²) in [5.74, 6) is -1.55. The quantitative estimate of drug-likeness (QED) is 0.570. The third-order valence-electron chi connectivity index (χ3n) is 0.775. The fourth-order valence-corrected chi connectivity index (χ4v) is 0.381. The monoisotopic (exact) mass is 165 g/mol. The lowest BCUT2D eigenvalue weighted by Crippen LogP contribution is -2.33. The number of amides is 1. The van der Waals surface area contributed by atoms with Crippen LogP contribution in [0.25, 0.3) is 0 Å². The van der Waals surface area contributed by atoms with Crippen LogP contribution in [0, 0.1) is 0 Å². The largest absolute Gasteiger partial charge is 0.480 e. The van der Waals surface area contributed by atoms with Gasteiger partial charge in [0.25, 0.3) is 0 Å². The number of carboxylic acids is 1. The maximum Gasteiger partial charge on any atom is 0.322 e. The number of hydrogen-bond donors (Lipinski definition) is 2. The second-order valence-corrected chi connectivity index (χ2v) is 2.38. The minimum Gasteiger partial charge on any atom is -0.480 e. The van der Waals surface area contributed by atoms with Crippen LogP contribution in [0.5, 0.6) is 0 Å². The molecule has 0 rings (SSSR count). The summed E-state index contributed by atoms with van der Waals surface area (Å²) in [5, 5.41) is 9.52. The van der Waals surface area contributed by atoms with Crippen molar-refractivity contribution >= 4 is 23.5 Å². The van der Waals surface area contributed by atoms with Crippen LogP contribution in [0.15, 0.2) is 0 Å². The second kappa shape index (κ2) is 4.11. The molecule has 0 spiro atoms. The first-order valence-corrected chi connectivity index (χ1v) is 3.11. The van der Waals surface area contributed by atoms with Crippen LogP contribution in [0.2, 0.25) is 0 Å². The molecule has 0 aliphatic carbocycles. The van der Waals surface area contributed by atoms with E-state index < -0.39 is 17.3 Å². The topological polar surface area (TPSA) is 66.4 Å². The Labute approximate surface area is 63.2 Å². The molecule has 0 aromatic rings. The highest BCUT2D eigenvalue weighted by atomic mass is 35.5. The van der Waals surface area contributed by atoms with E-state index in [-0.39, 0.29) is 6.54 Å². The molecule has 0 unspecified atom stereocenters. The highest BCUT2D eigenvalue weighted by Gasteiger charge is 2.08. The molecule has 0 aliphatic heterocycles. The molecule has 0 saturated carbocycles. The molecule has 0 radical (unpaired) electrons. The zero-order chi connectivity index (χ0) is 8.15. The van der Waals surface area contributed by atoms with Gasteiger partial charge in [-0.25, -0.2) is 0 Å². The van der Waals surface area contributed by atoms with E-state index in [2.05, 4.69) is 5.32 Å². The van der Waals surface area contributed by atoms with E-state index in [0.717, 1.165) is 0 Å². The van der Waals surface area contributed by atoms with Crippen molar-refractivity contribution < 1.29 is 14.7 Å². The standard InChI is InChI=1S/C5H8ClNO3/c1-3(6)5(10)7-2-4(8)9/h3H,2H2,1H3,(H,7,10)(H,8,9)/t3-/m0/s1. The first-order valence-electron chi connectivity index (χ1n) is 2.67. The Morgan fingerprint density at radius 1 is 1.70 bits per heavy atom. The molecule has 0 aliphatic rings. The number of alkyl halides is 1. The average molecular weight is 166 g/mol. The van der Waals surface area contributed by atoms with Crippen molar-refractivity contribution in [2.24, 2.45) is 0 Å². The second-order valence-electron chi connectivity index (χ2n) is 1.73. The number of rotatable bonds is 3. The molecule has 0 aromatic heterocycles. The number of carbonyl (C=O) groups excluding carboxylic acids is 1. The zero-order valence-electron chi connectivity index (χ0n) is 5.43. The Kier molecular flexibility index (Phi) is 3.79. The highest BCUT2D eigenvalue weighted by Crippen LogP contribution is 1.90. The number of aliphatic carboxylic acids is 1. The van der Waals surface area contributed by atoms with E-state index in [9.17, 15) is 9.59 Å². The fourth-order valence-electron chi connectivity index (χ4n) is 0.303. The third kappa shape index (κ3) is 4.14. The molecule has 0 saturated heterocycles. The molecular weight excluding hydrogens is 158 g/mol. The van der Waals surface area contributed by atoms with E-state index in [0.29, 0.717) is 0 Å². The van der Waals surface area contributed by atoms with E-state index in [1.54, 1.807) is 0 Å². The summed E-state index contributed by atoms with van der Waals surface area (Å²) >= 11 is 5.31. The summed E-state index contributed by atoms with van der Waals surface area (Å²) in [6, 6.07) is 0. The number of carboxylic acid groups (broad SMARTS) is 1. The number of carbonyl (C=O) groups is 2. The van der Waals surface area contributed by atoms with Crippen molar-refractivity contribution in [2.75, 3.05) is 6.54 Å². The maximum atomic E-state index is 10.5. The first-order chi connectivity index (χ1) is 4.54. The molecule has 0 bridgehead atoms. The molecule has 2 N–H and O–H groups in total. The van der Waals surface area contributed by atoms with Crippen molar-refractivity contribution in [2.45, 2.75) is 12.3 Å². The molecule has 10 heavy (non-hydrogen) atoms. The third-order valence-corrected chi connectivity index (χ3v) is 0.973. The van der Waals surface area contributed by atoms with Gasteiger partial charge in [-0.1, -0.05) is 0 Å². The van der Waals surface area contributed by atoms with Gasteiger partial charge in [0, 0.05) is 0 Å². The molecule has 1 amide bonds. The minimum absolute atomic E-state index is 0.379. The maximum absolute atomic E-state index is 10.5. The SMILES string of the molecule is C[C@H](Cl)C(=O)NCC(=O)O. The molecule has 4 nitrogen and oxygen atoms in total. The lowest BCUT2D eigenvalue weighted by Gasteiger charge is -2.01. The van der Waals surface area contributed by atoms with Gasteiger partial charge in [0.15, 0.2) is 0 Å². The smallest absolute Gasteiger partial charge is 0.322 e. The summed E-state index contributed by atoms with van der Waals surface area (Å²) in [5.41, 5.74) is 0. The number of halogens is 1. The lowest BCUT2D eigenvalue weighted by molar-refractivity contribution is -0.137. The molecule has 58 valence electrons. The predicted octanol–water partition coefficient (Wildman–Crippen LogP) is -0.186. The van der Waals surface area contributed by atoms with Crippen LogP contribution >= 0.6 is 11.6 Å². The van der Waals surface area contributed by atoms with E-state index in [1.807, 2.05) is 0 Å². The van der Waals surface area contributed by atoms with Gasteiger partial charge in [-0.3, -0.25) is 9.59 Å². The molecule has 5 heteroatoms. The Bertz CT molecular complexity index is 146. The van der Waals surface area contributed by atoms with Crippen molar-refractivity contribution in [3.05, 3.63) is 0 Å². The summed E-state index contributed by atoms with van der Waals surface area (Å²) in [6.45, 7) is 1.09. The van der Waals surface area contributed by atoms with Crippen LogP contribution in [0.3, 0.4) is 0 Å². The Hall–Kier alpha value is -0.770. The van der Waals surface area contributed by atoms with Gasteiger partial charge in [0.2, 0.25) is 5.91 Å². The van der Waals surface area contributed by atoms with Gasteiger partial charge in [-0.2, -0.15) is 0 Å². The van der Waals surface area contributed by atoms with Gasteiger partial charge in [-0.05, 0) is 6.92 Å². The van der Waals surface area contributed by atoms with Gasteiger partial charge in [0.05, 0.1) is 0 Å². The van der Waals surface area contributed by atoms with Crippen LogP contribution in [0.4, 0.5) is 0 Å². The molecule has 1 atom stereocenters. The van der Waals surface area contributed by atoms with Crippen molar-refractivity contribution in [3.8, 4) is 0 Å². The van der Waals surface area contributed by atoms with Crippen LogP contribution in [-0.4, -0.2) is 28.9 Å². The predicted molar refractivity (Wildman–Crippen MR) is 36.0 cm³/mol. The normalized spacial score (nSPS) is 12.2. The van der Waals surface area contributed by atoms with Crippen LogP contribution in [0.1, 0.15) is 6.92 Å².